The Balaban J connectivity index is 2.70. The van der Waals surface area contributed by atoms with Gasteiger partial charge in [-0.25, -0.2) is 0 Å². The average Bonchev–Trinajstić information content (AvgIpc) is 2.09. The van der Waals surface area contributed by atoms with Gasteiger partial charge in [0.25, 0.3) is 5.56 Å². The molecule has 0 amide bonds. The predicted molar refractivity (Wildman–Crippen MR) is 48.9 cm³/mol. The van der Waals surface area contributed by atoms with E-state index in [9.17, 15) is 4.79 Å². The molecule has 0 aliphatic heterocycles. The number of hydrogen-bond donors (Lipinski definition) is 1. The summed E-state index contributed by atoms with van der Waals surface area (Å²) < 4.78 is 1.62. The Morgan fingerprint density at radius 2 is 2.25 bits per heavy atom. The van der Waals surface area contributed by atoms with E-state index in [4.69, 9.17) is 5.73 Å². The maximum atomic E-state index is 11.1. The van der Waals surface area contributed by atoms with Gasteiger partial charge in [-0.05, 0) is 6.07 Å². The number of nitrogens with zero attached hydrogens (tertiary/aromatic N) is 1. The first kappa shape index (κ1) is 8.74. The maximum Gasteiger partial charge on any atom is 0.250 e. The molecule has 0 saturated carbocycles. The fourth-order valence-electron chi connectivity index (χ4n) is 0.896. The molecule has 12 heavy (non-hydrogen) atoms. The molecular formula is C9H12N2O. The zero-order valence-electron chi connectivity index (χ0n) is 6.81. The largest absolute Gasteiger partial charge is 0.327 e. The van der Waals surface area contributed by atoms with Crippen LogP contribution in [-0.4, -0.2) is 11.1 Å². The van der Waals surface area contributed by atoms with E-state index in [1.54, 1.807) is 16.8 Å². The summed E-state index contributed by atoms with van der Waals surface area (Å²) in [6.07, 6.45) is 5.46. The highest BCUT2D eigenvalue weighted by molar-refractivity contribution is 4.95. The summed E-state index contributed by atoms with van der Waals surface area (Å²) in [7, 11) is 0. The predicted octanol–water partition coefficient (Wildman–Crippen LogP) is 0.363. The molecule has 2 N–H and O–H groups in total. The summed E-state index contributed by atoms with van der Waals surface area (Å²) in [5.74, 6) is 0. The minimum atomic E-state index is 0.0131. The van der Waals surface area contributed by atoms with Crippen LogP contribution in [0.5, 0.6) is 0 Å². The van der Waals surface area contributed by atoms with Crippen LogP contribution in [0, 0.1) is 0 Å². The zero-order chi connectivity index (χ0) is 8.81. The van der Waals surface area contributed by atoms with Gasteiger partial charge in [-0.2, -0.15) is 0 Å². The Hall–Kier alpha value is -1.35. The smallest absolute Gasteiger partial charge is 0.250 e. The molecule has 0 fully saturated rings. The van der Waals surface area contributed by atoms with Gasteiger partial charge >= 0.3 is 0 Å². The van der Waals surface area contributed by atoms with Gasteiger partial charge in [0.05, 0.1) is 0 Å². The van der Waals surface area contributed by atoms with Crippen molar-refractivity contribution < 1.29 is 0 Å². The highest BCUT2D eigenvalue weighted by Gasteiger charge is 1.87. The Morgan fingerprint density at radius 3 is 2.92 bits per heavy atom. The van der Waals surface area contributed by atoms with Crippen LogP contribution in [0.4, 0.5) is 0 Å². The van der Waals surface area contributed by atoms with Crippen LogP contribution >= 0.6 is 0 Å². The molecule has 1 heterocycles. The number of allylic oxidation sites excluding steroid dienone is 1. The van der Waals surface area contributed by atoms with Crippen LogP contribution in [-0.2, 0) is 6.54 Å². The SMILES string of the molecule is NC/C=C/Cn1ccccc1=O. The van der Waals surface area contributed by atoms with Gasteiger partial charge in [0.15, 0.2) is 0 Å². The molecule has 0 radical (unpaired) electrons. The van der Waals surface area contributed by atoms with Crippen molar-refractivity contribution in [3.8, 4) is 0 Å². The van der Waals surface area contributed by atoms with Crippen LogP contribution < -0.4 is 11.3 Å². The monoisotopic (exact) mass is 164 g/mol. The van der Waals surface area contributed by atoms with Crippen molar-refractivity contribution in [1.29, 1.82) is 0 Å². The third-order valence-electron chi connectivity index (χ3n) is 1.50. The topological polar surface area (TPSA) is 48.0 Å². The molecule has 1 aromatic heterocycles. The van der Waals surface area contributed by atoms with E-state index in [0.29, 0.717) is 13.1 Å². The van der Waals surface area contributed by atoms with Crippen molar-refractivity contribution in [3.05, 3.63) is 46.9 Å². The molecule has 64 valence electrons. The number of pyridine rings is 1. The van der Waals surface area contributed by atoms with E-state index in [1.165, 1.54) is 6.07 Å². The van der Waals surface area contributed by atoms with Crippen molar-refractivity contribution in [2.45, 2.75) is 6.54 Å². The summed E-state index contributed by atoms with van der Waals surface area (Å²) in [5.41, 5.74) is 5.27. The number of rotatable bonds is 3. The van der Waals surface area contributed by atoms with Crippen LogP contribution in [0.1, 0.15) is 0 Å². The van der Waals surface area contributed by atoms with Crippen LogP contribution in [0.15, 0.2) is 41.3 Å². The molecular weight excluding hydrogens is 152 g/mol. The van der Waals surface area contributed by atoms with Gasteiger partial charge in [0, 0.05) is 25.4 Å². The fourth-order valence-corrected chi connectivity index (χ4v) is 0.896. The lowest BCUT2D eigenvalue weighted by Gasteiger charge is -1.98. The average molecular weight is 164 g/mol. The first-order chi connectivity index (χ1) is 5.84. The molecule has 3 heteroatoms. The fraction of sp³-hybridized carbons (Fsp3) is 0.222. The Kier molecular flexibility index (Phi) is 3.29. The molecule has 0 aromatic carbocycles. The second-order valence-corrected chi connectivity index (χ2v) is 2.40. The Bertz CT molecular complexity index is 314. The van der Waals surface area contributed by atoms with Gasteiger partial charge < -0.3 is 10.3 Å². The lowest BCUT2D eigenvalue weighted by Crippen LogP contribution is -2.16. The van der Waals surface area contributed by atoms with E-state index in [1.807, 2.05) is 18.2 Å². The number of nitrogens with two attached hydrogens (primary N) is 1. The van der Waals surface area contributed by atoms with Crippen LogP contribution in [0.3, 0.4) is 0 Å². The number of hydrogen-bond acceptors (Lipinski definition) is 2. The number of aromatic nitrogens is 1. The van der Waals surface area contributed by atoms with Crippen molar-refractivity contribution >= 4 is 0 Å². The van der Waals surface area contributed by atoms with Crippen molar-refractivity contribution in [2.24, 2.45) is 5.73 Å². The van der Waals surface area contributed by atoms with E-state index in [-0.39, 0.29) is 5.56 Å². The van der Waals surface area contributed by atoms with Crippen molar-refractivity contribution in [1.82, 2.24) is 4.57 Å². The maximum absolute atomic E-state index is 11.1. The third-order valence-corrected chi connectivity index (χ3v) is 1.50. The minimum Gasteiger partial charge on any atom is -0.327 e. The lowest BCUT2D eigenvalue weighted by atomic mass is 10.4. The second-order valence-electron chi connectivity index (χ2n) is 2.40. The minimum absolute atomic E-state index is 0.0131. The Labute approximate surface area is 71.1 Å². The summed E-state index contributed by atoms with van der Waals surface area (Å²) in [6.45, 7) is 1.11. The first-order valence-electron chi connectivity index (χ1n) is 3.85. The normalized spacial score (nSPS) is 10.8. The van der Waals surface area contributed by atoms with Crippen molar-refractivity contribution in [2.75, 3.05) is 6.54 Å². The third kappa shape index (κ3) is 2.36. The first-order valence-corrected chi connectivity index (χ1v) is 3.85. The van der Waals surface area contributed by atoms with Crippen LogP contribution in [0.25, 0.3) is 0 Å². The molecule has 1 rings (SSSR count). The van der Waals surface area contributed by atoms with Gasteiger partial charge in [-0.3, -0.25) is 4.79 Å². The summed E-state index contributed by atoms with van der Waals surface area (Å²) >= 11 is 0. The zero-order valence-corrected chi connectivity index (χ0v) is 6.81. The molecule has 0 atom stereocenters. The van der Waals surface area contributed by atoms with E-state index < -0.39 is 0 Å². The van der Waals surface area contributed by atoms with E-state index >= 15 is 0 Å². The van der Waals surface area contributed by atoms with Gasteiger partial charge in [0.2, 0.25) is 0 Å². The molecule has 0 aliphatic rings. The van der Waals surface area contributed by atoms with E-state index in [0.717, 1.165) is 0 Å². The molecule has 0 saturated heterocycles. The molecule has 0 spiro atoms. The standard InChI is InChI=1S/C9H12N2O/c10-6-2-4-8-11-7-3-1-5-9(11)12/h1-5,7H,6,8,10H2/b4-2+. The molecule has 0 bridgehead atoms. The molecule has 0 aliphatic carbocycles. The molecule has 3 nitrogen and oxygen atoms in total. The lowest BCUT2D eigenvalue weighted by molar-refractivity contribution is 0.777. The van der Waals surface area contributed by atoms with Crippen LogP contribution in [0.2, 0.25) is 0 Å². The molecule has 1 aromatic rings. The van der Waals surface area contributed by atoms with Crippen molar-refractivity contribution in [3.63, 3.8) is 0 Å². The summed E-state index contributed by atoms with van der Waals surface area (Å²) in [4.78, 5) is 11.1. The van der Waals surface area contributed by atoms with E-state index in [2.05, 4.69) is 0 Å². The Morgan fingerprint density at radius 1 is 1.42 bits per heavy atom. The second kappa shape index (κ2) is 4.51. The summed E-state index contributed by atoms with van der Waals surface area (Å²) in [5, 5.41) is 0. The van der Waals surface area contributed by atoms with Gasteiger partial charge in [-0.1, -0.05) is 18.2 Å². The molecule has 0 unspecified atom stereocenters. The quantitative estimate of drug-likeness (QED) is 0.656. The summed E-state index contributed by atoms with van der Waals surface area (Å²) in [6, 6.07) is 5.10. The van der Waals surface area contributed by atoms with Gasteiger partial charge in [0.1, 0.15) is 0 Å². The van der Waals surface area contributed by atoms with Gasteiger partial charge in [-0.15, -0.1) is 0 Å². The highest BCUT2D eigenvalue weighted by atomic mass is 16.1. The highest BCUT2D eigenvalue weighted by Crippen LogP contribution is 1.82.